The predicted octanol–water partition coefficient (Wildman–Crippen LogP) is -0.216. The van der Waals surface area contributed by atoms with E-state index in [4.69, 9.17) is 19.2 Å². The van der Waals surface area contributed by atoms with Crippen LogP contribution in [0.25, 0.3) is 0 Å². The molecule has 0 atom stereocenters. The molecule has 0 fully saturated rings. The molecular formula is C5H17NO4P+. The van der Waals surface area contributed by atoms with Crippen LogP contribution in [0.3, 0.4) is 0 Å². The van der Waals surface area contributed by atoms with Gasteiger partial charge in [0.1, 0.15) is 0 Å². The van der Waals surface area contributed by atoms with E-state index in [9.17, 15) is 0 Å². The monoisotopic (exact) mass is 186 g/mol. The largest absolute Gasteiger partial charge is 0.466 e. The second-order valence-corrected chi connectivity index (χ2v) is 4.15. The summed E-state index contributed by atoms with van der Waals surface area (Å²) in [6.45, 7) is 3.39. The van der Waals surface area contributed by atoms with Gasteiger partial charge in [0.05, 0.1) is 27.7 Å². The lowest BCUT2D eigenvalue weighted by Gasteiger charge is -2.20. The molecule has 0 amide bonds. The Labute approximate surface area is 67.1 Å². The average molecular weight is 186 g/mol. The zero-order valence-corrected chi connectivity index (χ0v) is 8.25. The SMILES string of the molecule is CC[N+](C)(C)C.O=P(O)(O)O. The summed E-state index contributed by atoms with van der Waals surface area (Å²) in [6.07, 6.45) is 0. The standard InChI is InChI=1S/C5H14N.H3O4P/c1-5-6(2,3)4;1-5(2,3)4/h5H2,1-4H3;(H3,1,2,3,4)/q+1;. The van der Waals surface area contributed by atoms with Crippen LogP contribution in [-0.2, 0) is 4.57 Å². The van der Waals surface area contributed by atoms with Crippen molar-refractivity contribution < 1.29 is 23.7 Å². The Bertz CT molecular complexity index is 128. The van der Waals surface area contributed by atoms with Gasteiger partial charge in [0.15, 0.2) is 0 Å². The molecule has 70 valence electrons. The summed E-state index contributed by atoms with van der Waals surface area (Å²) in [5, 5.41) is 0. The molecule has 0 heterocycles. The summed E-state index contributed by atoms with van der Waals surface area (Å²) in [5.41, 5.74) is 0. The quantitative estimate of drug-likeness (QED) is 0.391. The van der Waals surface area contributed by atoms with Crippen molar-refractivity contribution in [2.75, 3.05) is 27.7 Å². The highest BCUT2D eigenvalue weighted by atomic mass is 31.2. The van der Waals surface area contributed by atoms with Gasteiger partial charge in [-0.1, -0.05) is 0 Å². The highest BCUT2D eigenvalue weighted by Crippen LogP contribution is 2.25. The fourth-order valence-electron chi connectivity index (χ4n) is 0. The van der Waals surface area contributed by atoms with Crippen LogP contribution in [0.1, 0.15) is 6.92 Å². The summed E-state index contributed by atoms with van der Waals surface area (Å²) in [6, 6.07) is 0. The predicted molar refractivity (Wildman–Crippen MR) is 42.8 cm³/mol. The van der Waals surface area contributed by atoms with Gasteiger partial charge in [-0.05, 0) is 6.92 Å². The number of hydrogen-bond donors (Lipinski definition) is 3. The maximum absolute atomic E-state index is 8.88. The first-order valence-corrected chi connectivity index (χ1v) is 4.71. The summed E-state index contributed by atoms with van der Waals surface area (Å²) < 4.78 is 9.95. The summed E-state index contributed by atoms with van der Waals surface area (Å²) in [5.74, 6) is 0. The molecule has 3 N–H and O–H groups in total. The third kappa shape index (κ3) is 69.6. The van der Waals surface area contributed by atoms with E-state index in [2.05, 4.69) is 28.1 Å². The molecule has 0 aromatic heterocycles. The zero-order chi connectivity index (χ0) is 9.71. The molecule has 0 rings (SSSR count). The van der Waals surface area contributed by atoms with Gasteiger partial charge in [0, 0.05) is 0 Å². The van der Waals surface area contributed by atoms with E-state index >= 15 is 0 Å². The molecular weight excluding hydrogens is 169 g/mol. The fraction of sp³-hybridized carbons (Fsp3) is 1.00. The van der Waals surface area contributed by atoms with Crippen LogP contribution in [0, 0.1) is 0 Å². The molecule has 0 saturated carbocycles. The van der Waals surface area contributed by atoms with Crippen molar-refractivity contribution in [3.05, 3.63) is 0 Å². The van der Waals surface area contributed by atoms with E-state index in [1.165, 1.54) is 6.54 Å². The maximum Gasteiger partial charge on any atom is 0.466 e. The lowest BCUT2D eigenvalue weighted by atomic mass is 10.6. The molecule has 0 unspecified atom stereocenters. The molecule has 0 saturated heterocycles. The van der Waals surface area contributed by atoms with Crippen molar-refractivity contribution in [3.63, 3.8) is 0 Å². The van der Waals surface area contributed by atoms with Crippen molar-refractivity contribution in [3.8, 4) is 0 Å². The molecule has 0 aromatic carbocycles. The number of nitrogens with zero attached hydrogens (tertiary/aromatic N) is 1. The fourth-order valence-corrected chi connectivity index (χ4v) is 0. The summed E-state index contributed by atoms with van der Waals surface area (Å²) in [4.78, 5) is 21.6. The van der Waals surface area contributed by atoms with Crippen molar-refractivity contribution in [1.29, 1.82) is 0 Å². The molecule has 6 heteroatoms. The highest BCUT2D eigenvalue weighted by molar-refractivity contribution is 7.45. The van der Waals surface area contributed by atoms with E-state index < -0.39 is 7.82 Å². The zero-order valence-electron chi connectivity index (χ0n) is 7.35. The normalized spacial score (nSPS) is 11.9. The number of phosphoric acid groups is 1. The molecule has 0 aliphatic carbocycles. The molecule has 0 bridgehead atoms. The lowest BCUT2D eigenvalue weighted by Crippen LogP contribution is -2.33. The van der Waals surface area contributed by atoms with Crippen LogP contribution in [0.4, 0.5) is 0 Å². The minimum absolute atomic E-state index is 1.07. The number of hydrogen-bond acceptors (Lipinski definition) is 1. The Balaban J connectivity index is 0. The molecule has 0 radical (unpaired) electrons. The van der Waals surface area contributed by atoms with E-state index in [1.54, 1.807) is 0 Å². The second kappa shape index (κ2) is 4.85. The third-order valence-corrected chi connectivity index (χ3v) is 0.949. The summed E-state index contributed by atoms with van der Waals surface area (Å²) in [7, 11) is 1.90. The van der Waals surface area contributed by atoms with Crippen molar-refractivity contribution in [2.45, 2.75) is 6.92 Å². The van der Waals surface area contributed by atoms with E-state index in [0.29, 0.717) is 0 Å². The van der Waals surface area contributed by atoms with Crippen molar-refractivity contribution in [1.82, 2.24) is 0 Å². The molecule has 0 aliphatic rings. The van der Waals surface area contributed by atoms with Crippen LogP contribution in [0.2, 0.25) is 0 Å². The number of quaternary nitrogens is 1. The molecule has 0 aromatic rings. The highest BCUT2D eigenvalue weighted by Gasteiger charge is 2.00. The average Bonchev–Trinajstić information content (AvgIpc) is 1.59. The van der Waals surface area contributed by atoms with E-state index in [1.807, 2.05) is 0 Å². The van der Waals surface area contributed by atoms with E-state index in [-0.39, 0.29) is 0 Å². The van der Waals surface area contributed by atoms with Gasteiger partial charge < -0.3 is 19.2 Å². The lowest BCUT2D eigenvalue weighted by molar-refractivity contribution is -0.868. The van der Waals surface area contributed by atoms with Crippen LogP contribution in [0.5, 0.6) is 0 Å². The Morgan fingerprint density at radius 3 is 1.27 bits per heavy atom. The van der Waals surface area contributed by atoms with Gasteiger partial charge >= 0.3 is 7.82 Å². The Morgan fingerprint density at radius 1 is 1.18 bits per heavy atom. The van der Waals surface area contributed by atoms with Crippen molar-refractivity contribution >= 4 is 7.82 Å². The van der Waals surface area contributed by atoms with Gasteiger partial charge in [0.2, 0.25) is 0 Å². The van der Waals surface area contributed by atoms with Gasteiger partial charge in [0.25, 0.3) is 0 Å². The smallest absolute Gasteiger partial charge is 0.331 e. The maximum atomic E-state index is 8.88. The Morgan fingerprint density at radius 2 is 1.27 bits per heavy atom. The van der Waals surface area contributed by atoms with Crippen LogP contribution < -0.4 is 0 Å². The molecule has 5 nitrogen and oxygen atoms in total. The molecule has 11 heavy (non-hydrogen) atoms. The van der Waals surface area contributed by atoms with Gasteiger partial charge in [-0.15, -0.1) is 0 Å². The first-order valence-electron chi connectivity index (χ1n) is 3.15. The van der Waals surface area contributed by atoms with Gasteiger partial charge in [-0.3, -0.25) is 0 Å². The number of rotatable bonds is 1. The van der Waals surface area contributed by atoms with Gasteiger partial charge in [-0.2, -0.15) is 0 Å². The van der Waals surface area contributed by atoms with Crippen LogP contribution in [0.15, 0.2) is 0 Å². The first-order chi connectivity index (χ1) is 4.56. The second-order valence-electron chi connectivity index (χ2n) is 3.12. The van der Waals surface area contributed by atoms with Crippen molar-refractivity contribution in [2.24, 2.45) is 0 Å². The third-order valence-electron chi connectivity index (χ3n) is 0.949. The molecule has 0 aliphatic heterocycles. The topological polar surface area (TPSA) is 77.8 Å². The van der Waals surface area contributed by atoms with Gasteiger partial charge in [-0.25, -0.2) is 4.57 Å². The minimum Gasteiger partial charge on any atom is -0.331 e. The van der Waals surface area contributed by atoms with Crippen LogP contribution in [-0.4, -0.2) is 46.9 Å². The Kier molecular flexibility index (Phi) is 6.02. The molecule has 0 spiro atoms. The first kappa shape index (κ1) is 13.6. The summed E-state index contributed by atoms with van der Waals surface area (Å²) >= 11 is 0. The Hall–Kier alpha value is 0.0700. The van der Waals surface area contributed by atoms with Crippen LogP contribution >= 0.6 is 7.82 Å². The minimum atomic E-state index is -4.64. The van der Waals surface area contributed by atoms with E-state index in [0.717, 1.165) is 4.48 Å².